The van der Waals surface area contributed by atoms with Crippen LogP contribution in [0, 0.1) is 5.92 Å². The predicted octanol–water partition coefficient (Wildman–Crippen LogP) is 4.65. The van der Waals surface area contributed by atoms with Crippen LogP contribution in [0.1, 0.15) is 62.5 Å². The molecule has 1 nitrogen and oxygen atoms in total. The normalized spacial score (nSPS) is 24.1. The van der Waals surface area contributed by atoms with Gasteiger partial charge in [0.25, 0.3) is 0 Å². The summed E-state index contributed by atoms with van der Waals surface area (Å²) in [5.41, 5.74) is 3.07. The van der Waals surface area contributed by atoms with Crippen molar-refractivity contribution in [1.82, 2.24) is 4.90 Å². The van der Waals surface area contributed by atoms with E-state index in [1.807, 2.05) is 0 Å². The van der Waals surface area contributed by atoms with Gasteiger partial charge in [-0.15, -0.1) is 0 Å². The zero-order valence-electron chi connectivity index (χ0n) is 13.0. The zero-order chi connectivity index (χ0) is 13.8. The minimum atomic E-state index is 0.635. The highest BCUT2D eigenvalue weighted by molar-refractivity contribution is 5.29. The van der Waals surface area contributed by atoms with Gasteiger partial charge < -0.3 is 4.90 Å². The lowest BCUT2D eigenvalue weighted by molar-refractivity contribution is 0.233. The molecular formula is C18H29N. The topological polar surface area (TPSA) is 3.24 Å². The minimum Gasteiger partial charge on any atom is -0.309 e. The number of rotatable bonds is 4. The standard InChI is InChI=1S/C18H29N/c1-14(2)15-9-7-10-16(12-15)18-11-6-5-8-17(18)13-19(3)4/h7,9-10,12,14,17-18H,5-6,8,11,13H2,1-4H3. The highest BCUT2D eigenvalue weighted by Crippen LogP contribution is 2.38. The number of benzene rings is 1. The molecule has 106 valence electrons. The van der Waals surface area contributed by atoms with Crippen molar-refractivity contribution in [3.63, 3.8) is 0 Å². The van der Waals surface area contributed by atoms with Crippen LogP contribution < -0.4 is 0 Å². The fourth-order valence-corrected chi connectivity index (χ4v) is 3.48. The molecule has 1 aromatic rings. The number of hydrogen-bond donors (Lipinski definition) is 0. The van der Waals surface area contributed by atoms with E-state index in [1.165, 1.54) is 37.8 Å². The fraction of sp³-hybridized carbons (Fsp3) is 0.667. The molecule has 19 heavy (non-hydrogen) atoms. The lowest BCUT2D eigenvalue weighted by Gasteiger charge is -2.34. The third kappa shape index (κ3) is 3.82. The van der Waals surface area contributed by atoms with Gasteiger partial charge in [-0.05, 0) is 55.8 Å². The summed E-state index contributed by atoms with van der Waals surface area (Å²) >= 11 is 0. The Bertz CT molecular complexity index is 394. The molecule has 1 aliphatic rings. The van der Waals surface area contributed by atoms with Gasteiger partial charge in [-0.3, -0.25) is 0 Å². The van der Waals surface area contributed by atoms with Crippen molar-refractivity contribution in [2.24, 2.45) is 5.92 Å². The van der Waals surface area contributed by atoms with E-state index >= 15 is 0 Å². The summed E-state index contributed by atoms with van der Waals surface area (Å²) in [7, 11) is 4.41. The van der Waals surface area contributed by atoms with Crippen LogP contribution >= 0.6 is 0 Å². The average Bonchev–Trinajstić information content (AvgIpc) is 2.39. The van der Waals surface area contributed by atoms with Gasteiger partial charge in [-0.2, -0.15) is 0 Å². The summed E-state index contributed by atoms with van der Waals surface area (Å²) in [6.45, 7) is 5.81. The Hall–Kier alpha value is -0.820. The van der Waals surface area contributed by atoms with Gasteiger partial charge in [0, 0.05) is 6.54 Å². The van der Waals surface area contributed by atoms with E-state index in [0.29, 0.717) is 5.92 Å². The molecule has 2 rings (SSSR count). The molecule has 0 saturated heterocycles. The Kier molecular flexibility index (Phi) is 5.04. The molecule has 0 radical (unpaired) electrons. The highest BCUT2D eigenvalue weighted by atomic mass is 15.1. The summed E-state index contributed by atoms with van der Waals surface area (Å²) in [5.74, 6) is 2.25. The molecule has 0 amide bonds. The monoisotopic (exact) mass is 259 g/mol. The first-order valence-corrected chi connectivity index (χ1v) is 7.82. The van der Waals surface area contributed by atoms with Gasteiger partial charge >= 0.3 is 0 Å². The molecule has 1 heteroatoms. The molecule has 0 aromatic heterocycles. The Morgan fingerprint density at radius 2 is 1.89 bits per heavy atom. The molecule has 1 saturated carbocycles. The minimum absolute atomic E-state index is 0.635. The van der Waals surface area contributed by atoms with Gasteiger partial charge in [-0.1, -0.05) is 51.0 Å². The average molecular weight is 259 g/mol. The Morgan fingerprint density at radius 1 is 1.16 bits per heavy atom. The summed E-state index contributed by atoms with van der Waals surface area (Å²) in [6, 6.07) is 9.35. The second-order valence-electron chi connectivity index (χ2n) is 6.74. The quantitative estimate of drug-likeness (QED) is 0.761. The van der Waals surface area contributed by atoms with Crippen LogP contribution in [0.25, 0.3) is 0 Å². The molecule has 1 fully saturated rings. The van der Waals surface area contributed by atoms with Gasteiger partial charge in [-0.25, -0.2) is 0 Å². The third-order valence-electron chi connectivity index (χ3n) is 4.51. The van der Waals surface area contributed by atoms with Gasteiger partial charge in [0.05, 0.1) is 0 Å². The summed E-state index contributed by atoms with van der Waals surface area (Å²) in [4.78, 5) is 2.36. The largest absolute Gasteiger partial charge is 0.309 e. The Labute approximate surface area is 119 Å². The van der Waals surface area contributed by atoms with Gasteiger partial charge in [0.15, 0.2) is 0 Å². The van der Waals surface area contributed by atoms with Crippen LogP contribution in [-0.4, -0.2) is 25.5 Å². The van der Waals surface area contributed by atoms with Crippen LogP contribution in [0.4, 0.5) is 0 Å². The molecule has 2 atom stereocenters. The van der Waals surface area contributed by atoms with E-state index in [1.54, 1.807) is 5.56 Å². The van der Waals surface area contributed by atoms with Crippen molar-refractivity contribution < 1.29 is 0 Å². The van der Waals surface area contributed by atoms with E-state index in [9.17, 15) is 0 Å². The molecule has 0 aliphatic heterocycles. The van der Waals surface area contributed by atoms with Crippen LogP contribution in [0.2, 0.25) is 0 Å². The van der Waals surface area contributed by atoms with E-state index in [4.69, 9.17) is 0 Å². The third-order valence-corrected chi connectivity index (χ3v) is 4.51. The predicted molar refractivity (Wildman–Crippen MR) is 83.8 cm³/mol. The van der Waals surface area contributed by atoms with Crippen molar-refractivity contribution in [1.29, 1.82) is 0 Å². The first-order valence-electron chi connectivity index (χ1n) is 7.82. The number of nitrogens with zero attached hydrogens (tertiary/aromatic N) is 1. The van der Waals surface area contributed by atoms with Crippen molar-refractivity contribution in [2.45, 2.75) is 51.4 Å². The first kappa shape index (κ1) is 14.6. The summed E-state index contributed by atoms with van der Waals surface area (Å²) < 4.78 is 0. The Balaban J connectivity index is 2.19. The summed E-state index contributed by atoms with van der Waals surface area (Å²) in [6.07, 6.45) is 5.59. The van der Waals surface area contributed by atoms with Crippen molar-refractivity contribution in [3.05, 3.63) is 35.4 Å². The van der Waals surface area contributed by atoms with Crippen molar-refractivity contribution in [2.75, 3.05) is 20.6 Å². The summed E-state index contributed by atoms with van der Waals surface area (Å²) in [5, 5.41) is 0. The molecule has 0 spiro atoms. The van der Waals surface area contributed by atoms with E-state index < -0.39 is 0 Å². The maximum atomic E-state index is 2.46. The Morgan fingerprint density at radius 3 is 2.58 bits per heavy atom. The SMILES string of the molecule is CC(C)c1cccc(C2CCCCC2CN(C)C)c1. The van der Waals surface area contributed by atoms with E-state index in [0.717, 1.165) is 11.8 Å². The van der Waals surface area contributed by atoms with Crippen molar-refractivity contribution in [3.8, 4) is 0 Å². The maximum Gasteiger partial charge on any atom is 0.000941 e. The highest BCUT2D eigenvalue weighted by Gasteiger charge is 2.26. The molecule has 0 N–H and O–H groups in total. The van der Waals surface area contributed by atoms with E-state index in [-0.39, 0.29) is 0 Å². The fourth-order valence-electron chi connectivity index (χ4n) is 3.48. The maximum absolute atomic E-state index is 2.46. The molecule has 0 heterocycles. The van der Waals surface area contributed by atoms with Crippen LogP contribution in [0.5, 0.6) is 0 Å². The number of hydrogen-bond acceptors (Lipinski definition) is 1. The van der Waals surface area contributed by atoms with Crippen molar-refractivity contribution >= 4 is 0 Å². The molecular weight excluding hydrogens is 230 g/mol. The van der Waals surface area contributed by atoms with Crippen LogP contribution in [0.15, 0.2) is 24.3 Å². The molecule has 1 aliphatic carbocycles. The lowest BCUT2D eigenvalue weighted by atomic mass is 9.75. The smallest absolute Gasteiger partial charge is 0.000941 e. The van der Waals surface area contributed by atoms with E-state index in [2.05, 4.69) is 57.1 Å². The second-order valence-corrected chi connectivity index (χ2v) is 6.74. The zero-order valence-corrected chi connectivity index (χ0v) is 13.0. The molecule has 1 aromatic carbocycles. The molecule has 2 unspecified atom stereocenters. The first-order chi connectivity index (χ1) is 9.08. The second kappa shape index (κ2) is 6.56. The lowest BCUT2D eigenvalue weighted by Crippen LogP contribution is -2.29. The van der Waals surface area contributed by atoms with Gasteiger partial charge in [0.2, 0.25) is 0 Å². The van der Waals surface area contributed by atoms with Gasteiger partial charge in [0.1, 0.15) is 0 Å². The molecule has 0 bridgehead atoms. The van der Waals surface area contributed by atoms with Crippen LogP contribution in [0.3, 0.4) is 0 Å². The van der Waals surface area contributed by atoms with Crippen LogP contribution in [-0.2, 0) is 0 Å².